The van der Waals surface area contributed by atoms with Crippen LogP contribution in [0.3, 0.4) is 0 Å². The van der Waals surface area contributed by atoms with Crippen molar-refractivity contribution < 1.29 is 13.6 Å². The number of nitrogens with two attached hydrogens (primary N) is 1. The number of pyridine rings is 1. The summed E-state index contributed by atoms with van der Waals surface area (Å²) in [6, 6.07) is 10.4. The van der Waals surface area contributed by atoms with Gasteiger partial charge in [0, 0.05) is 42.1 Å². The van der Waals surface area contributed by atoms with Gasteiger partial charge in [-0.05, 0) is 36.4 Å². The van der Waals surface area contributed by atoms with Crippen molar-refractivity contribution in [3.05, 3.63) is 82.7 Å². The molecule has 1 heterocycles. The van der Waals surface area contributed by atoms with Crippen molar-refractivity contribution in [3.8, 4) is 0 Å². The molecule has 0 atom stereocenters. The summed E-state index contributed by atoms with van der Waals surface area (Å²) in [6.07, 6.45) is 2.24. The third-order valence-electron chi connectivity index (χ3n) is 4.40. The molecule has 1 amide bonds. The highest BCUT2D eigenvalue weighted by atomic mass is 19.1. The maximum Gasteiger partial charge on any atom is 0.261 e. The lowest BCUT2D eigenvalue weighted by atomic mass is 10.0. The monoisotopic (exact) mass is 408 g/mol. The molecule has 30 heavy (non-hydrogen) atoms. The molecular formula is C21H18F2N6O. The molecule has 0 fully saturated rings. The van der Waals surface area contributed by atoms with E-state index >= 15 is 0 Å². The van der Waals surface area contributed by atoms with Crippen LogP contribution in [0.15, 0.2) is 48.7 Å². The van der Waals surface area contributed by atoms with Gasteiger partial charge in [0.05, 0.1) is 17.0 Å². The summed E-state index contributed by atoms with van der Waals surface area (Å²) in [5.41, 5.74) is 6.14. The molecular weight excluding hydrogens is 390 g/mol. The van der Waals surface area contributed by atoms with Gasteiger partial charge in [-0.25, -0.2) is 8.78 Å². The number of hydrogen-bond acceptors (Lipinski definition) is 6. The lowest BCUT2D eigenvalue weighted by Gasteiger charge is -2.14. The van der Waals surface area contributed by atoms with Crippen LogP contribution in [-0.2, 0) is 0 Å². The number of amides is 1. The standard InChI is InChI=1S/C21H18F2N6O/c1-27-17-9-14(22)18(19(23)13(17)10-24)21(30)29-11-5-6-15(25)12(8-11)20(26)16-4-2-3-7-28-16/h2-10,24,26-27H,25H2,1H3,(H,29,30). The summed E-state index contributed by atoms with van der Waals surface area (Å²) in [5, 5.41) is 20.6. The molecule has 9 heteroatoms. The number of nitrogen functional groups attached to an aromatic ring is 1. The first-order valence-corrected chi connectivity index (χ1v) is 8.78. The molecule has 0 aliphatic carbocycles. The minimum Gasteiger partial charge on any atom is -0.398 e. The molecule has 7 nitrogen and oxygen atoms in total. The van der Waals surface area contributed by atoms with E-state index in [-0.39, 0.29) is 28.3 Å². The normalized spacial score (nSPS) is 10.4. The fourth-order valence-electron chi connectivity index (χ4n) is 2.88. The molecule has 3 rings (SSSR count). The molecule has 0 saturated carbocycles. The Bertz CT molecular complexity index is 1150. The quantitative estimate of drug-likeness (QED) is 0.315. The number of benzene rings is 2. The molecule has 2 aromatic carbocycles. The number of hydrogen-bond donors (Lipinski definition) is 5. The van der Waals surface area contributed by atoms with E-state index in [4.69, 9.17) is 16.6 Å². The van der Waals surface area contributed by atoms with Crippen LogP contribution in [-0.4, -0.2) is 29.9 Å². The first kappa shape index (κ1) is 20.6. The first-order chi connectivity index (χ1) is 14.4. The van der Waals surface area contributed by atoms with Crippen molar-refractivity contribution in [2.45, 2.75) is 0 Å². The number of carbonyl (C=O) groups is 1. The van der Waals surface area contributed by atoms with E-state index in [0.717, 1.165) is 6.07 Å². The van der Waals surface area contributed by atoms with Crippen LogP contribution in [0.2, 0.25) is 0 Å². The zero-order valence-corrected chi connectivity index (χ0v) is 15.9. The van der Waals surface area contributed by atoms with Gasteiger partial charge in [-0.1, -0.05) is 6.07 Å². The SMILES string of the molecule is CNc1cc(F)c(C(=O)Nc2ccc(N)c(C(=N)c3ccccn3)c2)c(F)c1C=N. The van der Waals surface area contributed by atoms with Crippen LogP contribution >= 0.6 is 0 Å². The van der Waals surface area contributed by atoms with Crippen LogP contribution in [0.1, 0.15) is 27.2 Å². The van der Waals surface area contributed by atoms with E-state index in [1.54, 1.807) is 18.2 Å². The van der Waals surface area contributed by atoms with Crippen molar-refractivity contribution >= 4 is 34.9 Å². The summed E-state index contributed by atoms with van der Waals surface area (Å²) in [7, 11) is 1.45. The highest BCUT2D eigenvalue weighted by Gasteiger charge is 2.23. The Balaban J connectivity index is 1.95. The molecule has 6 N–H and O–H groups in total. The molecule has 0 spiro atoms. The van der Waals surface area contributed by atoms with Gasteiger partial charge in [-0.15, -0.1) is 0 Å². The van der Waals surface area contributed by atoms with Crippen molar-refractivity contribution in [3.63, 3.8) is 0 Å². The lowest BCUT2D eigenvalue weighted by molar-refractivity contribution is 0.101. The summed E-state index contributed by atoms with van der Waals surface area (Å²) in [6.45, 7) is 0. The fourth-order valence-corrected chi connectivity index (χ4v) is 2.88. The van der Waals surface area contributed by atoms with Gasteiger partial charge in [-0.3, -0.25) is 15.2 Å². The Morgan fingerprint density at radius 3 is 2.60 bits per heavy atom. The molecule has 152 valence electrons. The van der Waals surface area contributed by atoms with Gasteiger partial charge in [0.2, 0.25) is 0 Å². The molecule has 0 bridgehead atoms. The molecule has 0 aliphatic heterocycles. The highest BCUT2D eigenvalue weighted by Crippen LogP contribution is 2.26. The Morgan fingerprint density at radius 1 is 1.20 bits per heavy atom. The minimum absolute atomic E-state index is 0.0334. The zero-order valence-electron chi connectivity index (χ0n) is 15.9. The van der Waals surface area contributed by atoms with Crippen LogP contribution in [0.4, 0.5) is 25.8 Å². The smallest absolute Gasteiger partial charge is 0.261 e. The number of nitrogens with one attached hydrogen (secondary N) is 4. The maximum absolute atomic E-state index is 14.7. The molecule has 0 radical (unpaired) electrons. The summed E-state index contributed by atoms with van der Waals surface area (Å²) >= 11 is 0. The minimum atomic E-state index is -1.15. The number of nitrogens with zero attached hydrogens (tertiary/aromatic N) is 1. The third kappa shape index (κ3) is 3.86. The number of carbonyl (C=O) groups excluding carboxylic acids is 1. The number of anilines is 3. The molecule has 3 aromatic rings. The molecule has 0 saturated heterocycles. The Hall–Kier alpha value is -4.14. The van der Waals surface area contributed by atoms with Crippen LogP contribution in [0.25, 0.3) is 0 Å². The van der Waals surface area contributed by atoms with E-state index in [1.807, 2.05) is 0 Å². The topological polar surface area (TPSA) is 128 Å². The Morgan fingerprint density at radius 2 is 1.97 bits per heavy atom. The zero-order chi connectivity index (χ0) is 21.8. The predicted molar refractivity (Wildman–Crippen MR) is 113 cm³/mol. The molecule has 1 aromatic heterocycles. The average Bonchev–Trinajstić information content (AvgIpc) is 2.74. The number of rotatable bonds is 6. The first-order valence-electron chi connectivity index (χ1n) is 8.78. The summed E-state index contributed by atoms with van der Waals surface area (Å²) in [5.74, 6) is -3.25. The predicted octanol–water partition coefficient (Wildman–Crippen LogP) is 3.65. The van der Waals surface area contributed by atoms with E-state index in [0.29, 0.717) is 17.5 Å². The van der Waals surface area contributed by atoms with E-state index in [2.05, 4.69) is 15.6 Å². The second-order valence-electron chi connectivity index (χ2n) is 6.25. The van der Waals surface area contributed by atoms with Gasteiger partial charge >= 0.3 is 0 Å². The van der Waals surface area contributed by atoms with Crippen LogP contribution in [0.5, 0.6) is 0 Å². The van der Waals surface area contributed by atoms with Gasteiger partial charge in [-0.2, -0.15) is 0 Å². The van der Waals surface area contributed by atoms with Crippen molar-refractivity contribution in [1.29, 1.82) is 10.8 Å². The summed E-state index contributed by atoms with van der Waals surface area (Å²) in [4.78, 5) is 16.7. The number of aromatic nitrogens is 1. The van der Waals surface area contributed by atoms with Crippen LogP contribution < -0.4 is 16.4 Å². The third-order valence-corrected chi connectivity index (χ3v) is 4.40. The van der Waals surface area contributed by atoms with E-state index in [1.165, 1.54) is 31.4 Å². The van der Waals surface area contributed by atoms with Crippen molar-refractivity contribution in [2.75, 3.05) is 23.4 Å². The second kappa shape index (κ2) is 8.48. The largest absolute Gasteiger partial charge is 0.398 e. The van der Waals surface area contributed by atoms with Crippen molar-refractivity contribution in [2.24, 2.45) is 0 Å². The highest BCUT2D eigenvalue weighted by molar-refractivity contribution is 6.14. The van der Waals surface area contributed by atoms with Crippen LogP contribution in [0, 0.1) is 22.5 Å². The Kier molecular flexibility index (Phi) is 5.82. The van der Waals surface area contributed by atoms with Gasteiger partial charge in [0.1, 0.15) is 17.2 Å². The lowest BCUT2D eigenvalue weighted by Crippen LogP contribution is -2.18. The fraction of sp³-hybridized carbons (Fsp3) is 0.0476. The van der Waals surface area contributed by atoms with Gasteiger partial charge < -0.3 is 21.8 Å². The van der Waals surface area contributed by atoms with Crippen molar-refractivity contribution in [1.82, 2.24) is 4.98 Å². The number of halogens is 2. The molecule has 0 aliphatic rings. The summed E-state index contributed by atoms with van der Waals surface area (Å²) < 4.78 is 29.1. The average molecular weight is 408 g/mol. The van der Waals surface area contributed by atoms with Gasteiger partial charge in [0.25, 0.3) is 5.91 Å². The maximum atomic E-state index is 14.7. The van der Waals surface area contributed by atoms with E-state index in [9.17, 15) is 13.6 Å². The molecule has 0 unspecified atom stereocenters. The van der Waals surface area contributed by atoms with Gasteiger partial charge in [0.15, 0.2) is 0 Å². The van der Waals surface area contributed by atoms with E-state index < -0.39 is 23.1 Å². The Labute approximate surface area is 171 Å². The second-order valence-corrected chi connectivity index (χ2v) is 6.25.